The van der Waals surface area contributed by atoms with E-state index in [1.807, 2.05) is 31.4 Å². The summed E-state index contributed by atoms with van der Waals surface area (Å²) < 4.78 is 2.73. The molecule has 0 unspecified atom stereocenters. The minimum absolute atomic E-state index is 0.317. The highest BCUT2D eigenvalue weighted by Gasteiger charge is 2.04. The van der Waals surface area contributed by atoms with Crippen molar-refractivity contribution in [3.63, 3.8) is 0 Å². The van der Waals surface area contributed by atoms with Gasteiger partial charge in [-0.2, -0.15) is 0 Å². The molecule has 1 aromatic heterocycles. The van der Waals surface area contributed by atoms with Crippen molar-refractivity contribution in [2.45, 2.75) is 0 Å². The second kappa shape index (κ2) is 2.52. The van der Waals surface area contributed by atoms with Crippen molar-refractivity contribution >= 4 is 26.7 Å². The number of hydrogen-bond donors (Lipinski definition) is 1. The van der Waals surface area contributed by atoms with Crippen LogP contribution < -0.4 is 0 Å². The van der Waals surface area contributed by atoms with Crippen LogP contribution in [0.2, 0.25) is 0 Å². The smallest absolute Gasteiger partial charge is 0.198 e. The lowest BCUT2D eigenvalue weighted by molar-refractivity contribution is 0.438. The van der Waals surface area contributed by atoms with E-state index in [1.54, 1.807) is 4.57 Å². The van der Waals surface area contributed by atoms with Gasteiger partial charge in [-0.25, -0.2) is 0 Å². The first-order valence-corrected chi connectivity index (χ1v) is 4.41. The molecule has 0 fully saturated rings. The van der Waals surface area contributed by atoms with Gasteiger partial charge in [0.2, 0.25) is 0 Å². The zero-order valence-electron chi connectivity index (χ0n) is 6.58. The summed E-state index contributed by atoms with van der Waals surface area (Å²) in [6.45, 7) is 0. The first-order valence-electron chi connectivity index (χ1n) is 3.62. The summed E-state index contributed by atoms with van der Waals surface area (Å²) in [4.78, 5) is 0. The van der Waals surface area contributed by atoms with Crippen molar-refractivity contribution in [3.8, 4) is 5.88 Å². The van der Waals surface area contributed by atoms with Gasteiger partial charge in [0.15, 0.2) is 5.88 Å². The fraction of sp³-hybridized carbons (Fsp3) is 0.111. The Bertz CT molecular complexity index is 433. The third-order valence-corrected chi connectivity index (χ3v) is 2.41. The number of benzene rings is 1. The Hall–Kier alpha value is -0.960. The van der Waals surface area contributed by atoms with Crippen molar-refractivity contribution in [2.24, 2.45) is 7.05 Å². The molecule has 0 aliphatic rings. The Labute approximate surface area is 78.6 Å². The number of aromatic hydroxyl groups is 1. The maximum absolute atomic E-state index is 9.54. The van der Waals surface area contributed by atoms with E-state index < -0.39 is 0 Å². The molecule has 3 heteroatoms. The molecule has 2 nitrogen and oxygen atoms in total. The van der Waals surface area contributed by atoms with Crippen LogP contribution in [0.3, 0.4) is 0 Å². The van der Waals surface area contributed by atoms with Gasteiger partial charge in [0.05, 0.1) is 0 Å². The molecule has 0 saturated carbocycles. The topological polar surface area (TPSA) is 25.2 Å². The molecule has 2 aromatic rings. The molecule has 0 spiro atoms. The zero-order chi connectivity index (χ0) is 8.72. The second-order valence-electron chi connectivity index (χ2n) is 2.80. The summed E-state index contributed by atoms with van der Waals surface area (Å²) in [6.07, 6.45) is 1.90. The highest BCUT2D eigenvalue weighted by Crippen LogP contribution is 2.28. The summed E-state index contributed by atoms with van der Waals surface area (Å²) >= 11 is 3.38. The lowest BCUT2D eigenvalue weighted by atomic mass is 10.2. The van der Waals surface area contributed by atoms with E-state index in [1.165, 1.54) is 0 Å². The van der Waals surface area contributed by atoms with Crippen LogP contribution in [0.5, 0.6) is 5.88 Å². The van der Waals surface area contributed by atoms with Crippen molar-refractivity contribution in [1.29, 1.82) is 0 Å². The number of nitrogens with zero attached hydrogens (tertiary/aromatic N) is 1. The fourth-order valence-corrected chi connectivity index (χ4v) is 1.68. The van der Waals surface area contributed by atoms with E-state index in [4.69, 9.17) is 0 Å². The number of rotatable bonds is 0. The molecule has 0 aliphatic heterocycles. The molecule has 1 N–H and O–H groups in total. The van der Waals surface area contributed by atoms with Crippen molar-refractivity contribution in [1.82, 2.24) is 4.57 Å². The monoisotopic (exact) mass is 225 g/mol. The van der Waals surface area contributed by atoms with Crippen LogP contribution in [-0.4, -0.2) is 9.67 Å². The molecule has 0 aliphatic carbocycles. The Morgan fingerprint density at radius 2 is 2.17 bits per heavy atom. The molecule has 0 radical (unpaired) electrons. The SMILES string of the molecule is Cn1cc2cc(Br)ccc2c1O. The predicted molar refractivity (Wildman–Crippen MR) is 52.3 cm³/mol. The number of halogens is 1. The maximum Gasteiger partial charge on any atom is 0.198 e. The van der Waals surface area contributed by atoms with Gasteiger partial charge in [-0.1, -0.05) is 15.9 Å². The number of aromatic nitrogens is 1. The van der Waals surface area contributed by atoms with Gasteiger partial charge < -0.3 is 9.67 Å². The molecule has 0 saturated heterocycles. The number of fused-ring (bicyclic) bond motifs is 1. The third kappa shape index (κ3) is 1.01. The first kappa shape index (κ1) is 7.68. The van der Waals surface area contributed by atoms with Gasteiger partial charge in [-0.15, -0.1) is 0 Å². The van der Waals surface area contributed by atoms with E-state index in [2.05, 4.69) is 15.9 Å². The van der Waals surface area contributed by atoms with Crippen LogP contribution in [0, 0.1) is 0 Å². The molecule has 1 aromatic carbocycles. The fourth-order valence-electron chi connectivity index (χ4n) is 1.30. The Morgan fingerprint density at radius 3 is 2.92 bits per heavy atom. The highest BCUT2D eigenvalue weighted by molar-refractivity contribution is 9.10. The van der Waals surface area contributed by atoms with E-state index >= 15 is 0 Å². The van der Waals surface area contributed by atoms with Gasteiger partial charge >= 0.3 is 0 Å². The zero-order valence-corrected chi connectivity index (χ0v) is 8.17. The standard InChI is InChI=1S/C9H8BrNO/c1-11-5-6-4-7(10)2-3-8(6)9(11)12/h2-5,12H,1H3. The lowest BCUT2D eigenvalue weighted by Gasteiger charge is -1.92. The minimum Gasteiger partial charge on any atom is -0.494 e. The van der Waals surface area contributed by atoms with Crippen molar-refractivity contribution in [3.05, 3.63) is 28.9 Å². The average Bonchev–Trinajstić information content (AvgIpc) is 2.28. The van der Waals surface area contributed by atoms with E-state index in [0.717, 1.165) is 15.2 Å². The van der Waals surface area contributed by atoms with Gasteiger partial charge in [0.1, 0.15) is 0 Å². The van der Waals surface area contributed by atoms with E-state index in [-0.39, 0.29) is 0 Å². The molecule has 0 bridgehead atoms. The van der Waals surface area contributed by atoms with E-state index in [0.29, 0.717) is 5.88 Å². The molecule has 2 rings (SSSR count). The summed E-state index contributed by atoms with van der Waals surface area (Å²) in [5.74, 6) is 0.317. The van der Waals surface area contributed by atoms with Crippen molar-refractivity contribution in [2.75, 3.05) is 0 Å². The maximum atomic E-state index is 9.54. The molecule has 0 amide bonds. The van der Waals surface area contributed by atoms with Crippen LogP contribution in [0.15, 0.2) is 28.9 Å². The van der Waals surface area contributed by atoms with Crippen molar-refractivity contribution < 1.29 is 5.11 Å². The van der Waals surface area contributed by atoms with Gasteiger partial charge in [0.25, 0.3) is 0 Å². The van der Waals surface area contributed by atoms with Gasteiger partial charge in [-0.05, 0) is 18.2 Å². The largest absolute Gasteiger partial charge is 0.494 e. The predicted octanol–water partition coefficient (Wildman–Crippen LogP) is 2.65. The number of hydrogen-bond acceptors (Lipinski definition) is 1. The Balaban J connectivity index is 2.87. The van der Waals surface area contributed by atoms with Crippen LogP contribution in [0.4, 0.5) is 0 Å². The van der Waals surface area contributed by atoms with Crippen LogP contribution in [0.1, 0.15) is 0 Å². The molecule has 1 heterocycles. The van der Waals surface area contributed by atoms with Crippen LogP contribution in [0.25, 0.3) is 10.8 Å². The quantitative estimate of drug-likeness (QED) is 0.733. The van der Waals surface area contributed by atoms with Crippen LogP contribution >= 0.6 is 15.9 Å². The minimum atomic E-state index is 0.317. The molecule has 0 atom stereocenters. The third-order valence-electron chi connectivity index (χ3n) is 1.92. The summed E-state index contributed by atoms with van der Waals surface area (Å²) in [7, 11) is 1.82. The molecule has 62 valence electrons. The number of aryl methyl sites for hydroxylation is 1. The van der Waals surface area contributed by atoms with Crippen LogP contribution in [-0.2, 0) is 7.05 Å². The summed E-state index contributed by atoms with van der Waals surface area (Å²) in [5.41, 5.74) is 0. The van der Waals surface area contributed by atoms with Gasteiger partial charge in [-0.3, -0.25) is 0 Å². The second-order valence-corrected chi connectivity index (χ2v) is 3.71. The van der Waals surface area contributed by atoms with Gasteiger partial charge in [0, 0.05) is 28.5 Å². The summed E-state index contributed by atoms with van der Waals surface area (Å²) in [5, 5.41) is 11.5. The Kier molecular flexibility index (Phi) is 1.61. The van der Waals surface area contributed by atoms with E-state index in [9.17, 15) is 5.11 Å². The Morgan fingerprint density at radius 1 is 1.42 bits per heavy atom. The highest BCUT2D eigenvalue weighted by atomic mass is 79.9. The molecular weight excluding hydrogens is 218 g/mol. The summed E-state index contributed by atoms with van der Waals surface area (Å²) in [6, 6.07) is 5.80. The lowest BCUT2D eigenvalue weighted by Crippen LogP contribution is -1.80. The average molecular weight is 226 g/mol. The normalized spacial score (nSPS) is 10.8. The molecular formula is C9H8BrNO. The molecule has 12 heavy (non-hydrogen) atoms. The first-order chi connectivity index (χ1) is 5.68.